The van der Waals surface area contributed by atoms with Gasteiger partial charge in [-0.1, -0.05) is 64.7 Å². The molecule has 0 spiro atoms. The Kier molecular flexibility index (Phi) is 12.5. The quantitative estimate of drug-likeness (QED) is 0.334. The second-order valence-electron chi connectivity index (χ2n) is 6.54. The Bertz CT molecular complexity index is 491. The number of carbonyl (C=O) groups is 2. The van der Waals surface area contributed by atoms with E-state index in [2.05, 4.69) is 6.92 Å². The summed E-state index contributed by atoms with van der Waals surface area (Å²) < 4.78 is 31.5. The zero-order valence-corrected chi connectivity index (χ0v) is 16.3. The van der Waals surface area contributed by atoms with Crippen molar-refractivity contribution in [2.24, 2.45) is 0 Å². The fraction of sp³-hybridized carbons (Fsp3) is 0.882. The Balaban J connectivity index is 3.98. The lowest BCUT2D eigenvalue weighted by atomic mass is 10.1. The summed E-state index contributed by atoms with van der Waals surface area (Å²) in [5, 5.41) is 6.76. The van der Waals surface area contributed by atoms with E-state index in [1.54, 1.807) is 0 Å². The number of amides is 1. The number of nitrogens with zero attached hydrogens (tertiary/aromatic N) is 1. The normalized spacial score (nSPS) is 12.8. The summed E-state index contributed by atoms with van der Waals surface area (Å²) in [6.45, 7) is 2.54. The summed E-state index contributed by atoms with van der Waals surface area (Å²) in [5.74, 6) is -2.32. The first-order chi connectivity index (χ1) is 11.7. The number of unbranched alkanes of at least 4 members (excludes halogenated alkanes) is 9. The molecule has 0 aliphatic heterocycles. The van der Waals surface area contributed by atoms with Gasteiger partial charge >= 0.3 is 5.97 Å². The van der Waals surface area contributed by atoms with Gasteiger partial charge in [0.2, 0.25) is 5.91 Å². The molecule has 0 aromatic carbocycles. The highest BCUT2D eigenvalue weighted by Crippen LogP contribution is 2.12. The molecule has 0 radical (unpaired) electrons. The van der Waals surface area contributed by atoms with E-state index in [1.807, 2.05) is 0 Å². The van der Waals surface area contributed by atoms with Crippen molar-refractivity contribution in [3.05, 3.63) is 0 Å². The zero-order valence-electron chi connectivity index (χ0n) is 15.4. The molecule has 1 amide bonds. The average molecular weight is 380 g/mol. The summed E-state index contributed by atoms with van der Waals surface area (Å²) in [6, 6.07) is 0. The molecule has 0 aromatic heterocycles. The van der Waals surface area contributed by atoms with E-state index in [-0.39, 0.29) is 0 Å². The first kappa shape index (κ1) is 23.9. The lowest BCUT2D eigenvalue weighted by molar-refractivity contribution is -0.140. The van der Waals surface area contributed by atoms with E-state index < -0.39 is 33.7 Å². The number of rotatable bonds is 15. The Labute approximate surface area is 151 Å². The minimum Gasteiger partial charge on any atom is -0.481 e. The molecule has 148 valence electrons. The van der Waals surface area contributed by atoms with Crippen LogP contribution in [0.2, 0.25) is 0 Å². The molecule has 7 nitrogen and oxygen atoms in total. The summed E-state index contributed by atoms with van der Waals surface area (Å²) in [5.41, 5.74) is 0. The first-order valence-electron chi connectivity index (χ1n) is 9.13. The van der Waals surface area contributed by atoms with Crippen LogP contribution in [0.5, 0.6) is 0 Å². The van der Waals surface area contributed by atoms with Crippen molar-refractivity contribution >= 4 is 22.0 Å². The molecule has 0 saturated carbocycles. The standard InChI is InChI=1S/C17H33NO6S/c1-3-4-5-6-7-8-9-10-11-12-13-18(2)17(21)15(14-16(19)20)25(22,23)24/h15H,3-14H2,1-2H3,(H,19,20)(H,22,23,24). The van der Waals surface area contributed by atoms with Gasteiger partial charge in [0.15, 0.2) is 5.25 Å². The van der Waals surface area contributed by atoms with Crippen molar-refractivity contribution in [2.75, 3.05) is 13.6 Å². The van der Waals surface area contributed by atoms with Gasteiger partial charge in [0.25, 0.3) is 10.1 Å². The van der Waals surface area contributed by atoms with E-state index in [1.165, 1.54) is 50.5 Å². The number of hydrogen-bond acceptors (Lipinski definition) is 4. The lowest BCUT2D eigenvalue weighted by Gasteiger charge is -2.21. The van der Waals surface area contributed by atoms with Crippen LogP contribution in [-0.4, -0.2) is 53.7 Å². The smallest absolute Gasteiger partial charge is 0.305 e. The SMILES string of the molecule is CCCCCCCCCCCCN(C)C(=O)C(CC(=O)O)S(=O)(=O)O. The average Bonchev–Trinajstić information content (AvgIpc) is 2.52. The molecule has 0 aliphatic rings. The third kappa shape index (κ3) is 11.9. The Morgan fingerprint density at radius 2 is 1.36 bits per heavy atom. The van der Waals surface area contributed by atoms with Crippen LogP contribution in [0.25, 0.3) is 0 Å². The van der Waals surface area contributed by atoms with Gasteiger partial charge in [-0.05, 0) is 6.42 Å². The van der Waals surface area contributed by atoms with Crippen LogP contribution in [0.3, 0.4) is 0 Å². The van der Waals surface area contributed by atoms with E-state index >= 15 is 0 Å². The molecule has 8 heteroatoms. The number of carboxylic acid groups (broad SMARTS) is 1. The van der Waals surface area contributed by atoms with Crippen molar-refractivity contribution < 1.29 is 27.7 Å². The van der Waals surface area contributed by atoms with Gasteiger partial charge in [0.1, 0.15) is 0 Å². The molecule has 0 bridgehead atoms. The molecular weight excluding hydrogens is 346 g/mol. The molecule has 0 aliphatic carbocycles. The van der Waals surface area contributed by atoms with Crippen LogP contribution in [-0.2, 0) is 19.7 Å². The summed E-state index contributed by atoms with van der Waals surface area (Å²) in [7, 11) is -3.30. The second-order valence-corrected chi connectivity index (χ2v) is 8.14. The highest BCUT2D eigenvalue weighted by Gasteiger charge is 2.35. The molecule has 1 unspecified atom stereocenters. The predicted molar refractivity (Wildman–Crippen MR) is 97.1 cm³/mol. The molecule has 0 heterocycles. The zero-order chi connectivity index (χ0) is 19.3. The minimum atomic E-state index is -4.73. The molecule has 25 heavy (non-hydrogen) atoms. The van der Waals surface area contributed by atoms with Gasteiger partial charge in [0.05, 0.1) is 6.42 Å². The summed E-state index contributed by atoms with van der Waals surface area (Å²) in [4.78, 5) is 23.9. The van der Waals surface area contributed by atoms with Crippen molar-refractivity contribution in [3.8, 4) is 0 Å². The number of carboxylic acids is 1. The minimum absolute atomic E-state index is 0.348. The van der Waals surface area contributed by atoms with Crippen LogP contribution in [0.1, 0.15) is 77.6 Å². The third-order valence-corrected chi connectivity index (χ3v) is 5.31. The molecular formula is C17H33NO6S. The highest BCUT2D eigenvalue weighted by molar-refractivity contribution is 7.87. The number of carbonyl (C=O) groups excluding carboxylic acids is 1. The van der Waals surface area contributed by atoms with Crippen LogP contribution >= 0.6 is 0 Å². The fourth-order valence-corrected chi connectivity index (χ4v) is 3.46. The maximum Gasteiger partial charge on any atom is 0.305 e. The maximum atomic E-state index is 12.0. The van der Waals surface area contributed by atoms with E-state index in [4.69, 9.17) is 9.66 Å². The van der Waals surface area contributed by atoms with E-state index in [9.17, 15) is 18.0 Å². The fourth-order valence-electron chi connectivity index (χ4n) is 2.67. The monoisotopic (exact) mass is 379 g/mol. The predicted octanol–water partition coefficient (Wildman–Crippen LogP) is 3.10. The van der Waals surface area contributed by atoms with Crippen molar-refractivity contribution in [1.29, 1.82) is 0 Å². The van der Waals surface area contributed by atoms with Crippen molar-refractivity contribution in [1.82, 2.24) is 4.90 Å². The molecule has 0 fully saturated rings. The Hall–Kier alpha value is -1.15. The largest absolute Gasteiger partial charge is 0.481 e. The first-order valence-corrected chi connectivity index (χ1v) is 10.6. The van der Waals surface area contributed by atoms with Gasteiger partial charge in [-0.15, -0.1) is 0 Å². The van der Waals surface area contributed by atoms with Crippen LogP contribution in [0.15, 0.2) is 0 Å². The van der Waals surface area contributed by atoms with Crippen LogP contribution in [0.4, 0.5) is 0 Å². The molecule has 2 N–H and O–H groups in total. The Morgan fingerprint density at radius 3 is 1.76 bits per heavy atom. The van der Waals surface area contributed by atoms with Gasteiger partial charge in [-0.25, -0.2) is 0 Å². The van der Waals surface area contributed by atoms with Crippen molar-refractivity contribution in [2.45, 2.75) is 82.8 Å². The van der Waals surface area contributed by atoms with Crippen molar-refractivity contribution in [3.63, 3.8) is 0 Å². The number of aliphatic carboxylic acids is 1. The van der Waals surface area contributed by atoms with Gasteiger partial charge in [-0.2, -0.15) is 8.42 Å². The van der Waals surface area contributed by atoms with Gasteiger partial charge in [0, 0.05) is 13.6 Å². The Morgan fingerprint density at radius 1 is 0.920 bits per heavy atom. The molecule has 0 rings (SSSR count). The summed E-state index contributed by atoms with van der Waals surface area (Å²) >= 11 is 0. The second kappa shape index (κ2) is 13.1. The van der Waals surface area contributed by atoms with Crippen LogP contribution < -0.4 is 0 Å². The van der Waals surface area contributed by atoms with E-state index in [0.29, 0.717) is 6.54 Å². The van der Waals surface area contributed by atoms with Gasteiger partial charge < -0.3 is 10.0 Å². The number of hydrogen-bond donors (Lipinski definition) is 2. The van der Waals surface area contributed by atoms with Gasteiger partial charge in [-0.3, -0.25) is 14.1 Å². The van der Waals surface area contributed by atoms with E-state index in [0.717, 1.165) is 25.7 Å². The molecule has 1 atom stereocenters. The third-order valence-electron chi connectivity index (χ3n) is 4.22. The molecule has 0 aromatic rings. The lowest BCUT2D eigenvalue weighted by Crippen LogP contribution is -2.42. The topological polar surface area (TPSA) is 112 Å². The highest BCUT2D eigenvalue weighted by atomic mass is 32.2. The van der Waals surface area contributed by atoms with Crippen LogP contribution in [0, 0.1) is 0 Å². The maximum absolute atomic E-state index is 12.0. The summed E-state index contributed by atoms with van der Waals surface area (Å²) in [6.07, 6.45) is 10.5. The molecule has 0 saturated heterocycles.